The number of nitriles is 3. The summed E-state index contributed by atoms with van der Waals surface area (Å²) < 4.78 is 0. The van der Waals surface area contributed by atoms with E-state index in [2.05, 4.69) is 0 Å². The summed E-state index contributed by atoms with van der Waals surface area (Å²) in [5.74, 6) is 0.0468. The summed E-state index contributed by atoms with van der Waals surface area (Å²) in [6, 6.07) is 5.08. The SMILES string of the molecule is CN1C(N)=C(C#N)C(=C(C#N)C#N)C1(C)O. The number of aliphatic hydroxyl groups is 1. The van der Waals surface area contributed by atoms with Gasteiger partial charge < -0.3 is 15.7 Å². The topological polar surface area (TPSA) is 121 Å². The van der Waals surface area contributed by atoms with Gasteiger partial charge in [-0.3, -0.25) is 0 Å². The van der Waals surface area contributed by atoms with Crippen molar-refractivity contribution in [3.05, 3.63) is 22.5 Å². The van der Waals surface area contributed by atoms with Crippen LogP contribution in [0.4, 0.5) is 0 Å². The fourth-order valence-corrected chi connectivity index (χ4v) is 1.55. The van der Waals surface area contributed by atoms with E-state index in [1.165, 1.54) is 18.9 Å². The molecule has 0 amide bonds. The molecule has 6 heteroatoms. The molecule has 0 aliphatic carbocycles. The van der Waals surface area contributed by atoms with Gasteiger partial charge >= 0.3 is 0 Å². The number of allylic oxidation sites excluding steroid dienone is 1. The molecule has 0 aromatic carbocycles. The van der Waals surface area contributed by atoms with Crippen molar-refractivity contribution >= 4 is 0 Å². The first-order valence-electron chi connectivity index (χ1n) is 4.33. The van der Waals surface area contributed by atoms with E-state index in [4.69, 9.17) is 21.5 Å². The van der Waals surface area contributed by atoms with Crippen LogP contribution in [0.25, 0.3) is 0 Å². The molecule has 0 saturated heterocycles. The summed E-state index contributed by atoms with van der Waals surface area (Å²) in [4.78, 5) is 1.25. The Morgan fingerprint density at radius 3 is 2.25 bits per heavy atom. The highest BCUT2D eigenvalue weighted by molar-refractivity contribution is 5.61. The Morgan fingerprint density at radius 1 is 1.38 bits per heavy atom. The van der Waals surface area contributed by atoms with Gasteiger partial charge in [0.2, 0.25) is 0 Å². The lowest BCUT2D eigenvalue weighted by Gasteiger charge is -2.29. The summed E-state index contributed by atoms with van der Waals surface area (Å²) >= 11 is 0. The summed E-state index contributed by atoms with van der Waals surface area (Å²) in [6.07, 6.45) is 0. The van der Waals surface area contributed by atoms with E-state index < -0.39 is 5.72 Å². The molecule has 1 heterocycles. The lowest BCUT2D eigenvalue weighted by molar-refractivity contribution is -0.0138. The third-order valence-corrected chi connectivity index (χ3v) is 2.58. The number of hydrogen-bond donors (Lipinski definition) is 2. The Kier molecular flexibility index (Phi) is 2.59. The highest BCUT2D eigenvalue weighted by Crippen LogP contribution is 2.38. The van der Waals surface area contributed by atoms with E-state index in [0.29, 0.717) is 0 Å². The minimum Gasteiger partial charge on any atom is -0.384 e. The van der Waals surface area contributed by atoms with Crippen LogP contribution in [0.1, 0.15) is 6.92 Å². The second-order valence-electron chi connectivity index (χ2n) is 3.43. The van der Waals surface area contributed by atoms with Crippen molar-refractivity contribution in [3.63, 3.8) is 0 Å². The molecule has 0 aromatic heterocycles. The van der Waals surface area contributed by atoms with Gasteiger partial charge in [0, 0.05) is 7.05 Å². The second kappa shape index (κ2) is 3.58. The van der Waals surface area contributed by atoms with Crippen molar-refractivity contribution in [3.8, 4) is 18.2 Å². The summed E-state index contributed by atoms with van der Waals surface area (Å²) in [5, 5.41) is 36.6. The third kappa shape index (κ3) is 1.28. The van der Waals surface area contributed by atoms with E-state index >= 15 is 0 Å². The normalized spacial score (nSPS) is 23.8. The number of likely N-dealkylation sites (N-methyl/N-ethyl adjacent to an activating group) is 1. The quantitative estimate of drug-likeness (QED) is 0.534. The Bertz CT molecular complexity index is 505. The maximum Gasteiger partial charge on any atom is 0.165 e. The molecule has 0 fully saturated rings. The van der Waals surface area contributed by atoms with Crippen LogP contribution < -0.4 is 5.73 Å². The molecule has 16 heavy (non-hydrogen) atoms. The lowest BCUT2D eigenvalue weighted by Crippen LogP contribution is -2.41. The fourth-order valence-electron chi connectivity index (χ4n) is 1.55. The Labute approximate surface area is 92.7 Å². The van der Waals surface area contributed by atoms with Crippen LogP contribution in [0.2, 0.25) is 0 Å². The van der Waals surface area contributed by atoms with Crippen LogP contribution in [0.15, 0.2) is 22.5 Å². The minimum absolute atomic E-state index is 0.0365. The fraction of sp³-hybridized carbons (Fsp3) is 0.300. The van der Waals surface area contributed by atoms with Crippen LogP contribution in [-0.4, -0.2) is 22.8 Å². The standard InChI is InChI=1S/C10H9N5O/c1-10(16)8(6(3-11)4-12)7(5-13)9(14)15(10)2/h16H,14H2,1-2H3. The van der Waals surface area contributed by atoms with Crippen LogP contribution in [0.5, 0.6) is 0 Å². The van der Waals surface area contributed by atoms with Gasteiger partial charge in [-0.2, -0.15) is 15.8 Å². The zero-order chi connectivity index (χ0) is 12.5. The van der Waals surface area contributed by atoms with Crippen molar-refractivity contribution < 1.29 is 5.11 Å². The maximum atomic E-state index is 10.1. The van der Waals surface area contributed by atoms with Gasteiger partial charge in [-0.15, -0.1) is 0 Å². The Balaban J connectivity index is 3.65. The van der Waals surface area contributed by atoms with Crippen LogP contribution in [0.3, 0.4) is 0 Å². The van der Waals surface area contributed by atoms with Gasteiger partial charge in [-0.1, -0.05) is 0 Å². The number of rotatable bonds is 0. The summed E-state index contributed by atoms with van der Waals surface area (Å²) in [6.45, 7) is 1.37. The van der Waals surface area contributed by atoms with Crippen molar-refractivity contribution in [2.75, 3.05) is 7.05 Å². The smallest absolute Gasteiger partial charge is 0.165 e. The molecule has 0 radical (unpaired) electrons. The van der Waals surface area contributed by atoms with Crippen molar-refractivity contribution in [2.24, 2.45) is 5.73 Å². The van der Waals surface area contributed by atoms with Crippen molar-refractivity contribution in [1.82, 2.24) is 4.90 Å². The second-order valence-corrected chi connectivity index (χ2v) is 3.43. The first-order chi connectivity index (χ1) is 7.41. The third-order valence-electron chi connectivity index (χ3n) is 2.58. The van der Waals surface area contributed by atoms with E-state index in [1.807, 2.05) is 0 Å². The molecule has 1 unspecified atom stereocenters. The maximum absolute atomic E-state index is 10.1. The van der Waals surface area contributed by atoms with Crippen LogP contribution >= 0.6 is 0 Å². The van der Waals surface area contributed by atoms with E-state index in [9.17, 15) is 5.11 Å². The molecule has 0 bridgehead atoms. The molecule has 3 N–H and O–H groups in total. The molecule has 1 aliphatic heterocycles. The molecular formula is C10H9N5O. The van der Waals surface area contributed by atoms with Gasteiger partial charge in [0.05, 0.1) is 5.57 Å². The zero-order valence-corrected chi connectivity index (χ0v) is 8.81. The van der Waals surface area contributed by atoms with Gasteiger partial charge in [0.15, 0.2) is 5.72 Å². The highest BCUT2D eigenvalue weighted by Gasteiger charge is 2.44. The summed E-state index contributed by atoms with van der Waals surface area (Å²) in [7, 11) is 1.48. The van der Waals surface area contributed by atoms with E-state index in [1.54, 1.807) is 18.2 Å². The average Bonchev–Trinajstić information content (AvgIpc) is 2.42. The molecule has 0 aromatic rings. The Morgan fingerprint density at radius 2 is 1.88 bits per heavy atom. The summed E-state index contributed by atoms with van der Waals surface area (Å²) in [5.41, 5.74) is 3.61. The predicted octanol–water partition coefficient (Wildman–Crippen LogP) is -0.322. The average molecular weight is 215 g/mol. The van der Waals surface area contributed by atoms with Gasteiger partial charge in [0.25, 0.3) is 0 Å². The molecule has 1 rings (SSSR count). The molecule has 1 atom stereocenters. The number of hydrogen-bond acceptors (Lipinski definition) is 6. The number of nitrogens with zero attached hydrogens (tertiary/aromatic N) is 4. The molecule has 6 nitrogen and oxygen atoms in total. The van der Waals surface area contributed by atoms with Crippen LogP contribution in [-0.2, 0) is 0 Å². The molecule has 0 spiro atoms. The molecular weight excluding hydrogens is 206 g/mol. The highest BCUT2D eigenvalue weighted by atomic mass is 16.3. The largest absolute Gasteiger partial charge is 0.384 e. The van der Waals surface area contributed by atoms with Crippen molar-refractivity contribution in [1.29, 1.82) is 15.8 Å². The lowest BCUT2D eigenvalue weighted by atomic mass is 9.96. The molecule has 1 aliphatic rings. The van der Waals surface area contributed by atoms with Crippen LogP contribution in [0, 0.1) is 34.0 Å². The molecule has 80 valence electrons. The van der Waals surface area contributed by atoms with Gasteiger partial charge in [-0.25, -0.2) is 0 Å². The first kappa shape index (κ1) is 11.6. The van der Waals surface area contributed by atoms with Gasteiger partial charge in [-0.05, 0) is 6.92 Å². The minimum atomic E-state index is -1.62. The van der Waals surface area contributed by atoms with Gasteiger partial charge in [0.1, 0.15) is 35.2 Å². The zero-order valence-electron chi connectivity index (χ0n) is 8.81. The van der Waals surface area contributed by atoms with E-state index in [0.717, 1.165) is 0 Å². The predicted molar refractivity (Wildman–Crippen MR) is 53.5 cm³/mol. The number of nitrogens with two attached hydrogens (primary N) is 1. The molecule has 0 saturated carbocycles. The van der Waals surface area contributed by atoms with Crippen molar-refractivity contribution in [2.45, 2.75) is 12.6 Å². The first-order valence-corrected chi connectivity index (χ1v) is 4.33. The van der Waals surface area contributed by atoms with E-state index in [-0.39, 0.29) is 22.5 Å². The Hall–Kier alpha value is -2.49. The monoisotopic (exact) mass is 215 g/mol.